The molecule has 0 radical (unpaired) electrons. The Labute approximate surface area is 102 Å². The van der Waals surface area contributed by atoms with Gasteiger partial charge in [0.15, 0.2) is 0 Å². The lowest BCUT2D eigenvalue weighted by Gasteiger charge is -2.41. The molecule has 2 aliphatic rings. The van der Waals surface area contributed by atoms with Gasteiger partial charge in [-0.05, 0) is 32.6 Å². The third-order valence-corrected chi connectivity index (χ3v) is 3.75. The van der Waals surface area contributed by atoms with Gasteiger partial charge in [-0.25, -0.2) is 0 Å². The van der Waals surface area contributed by atoms with E-state index in [1.807, 2.05) is 0 Å². The first-order valence-electron chi connectivity index (χ1n) is 6.29. The average Bonchev–Trinajstić information content (AvgIpc) is 2.98. The molecule has 2 fully saturated rings. The van der Waals surface area contributed by atoms with E-state index in [9.17, 15) is 4.79 Å². The van der Waals surface area contributed by atoms with Crippen LogP contribution in [0.3, 0.4) is 0 Å². The number of amides is 1. The molecule has 5 heteroatoms. The third-order valence-electron chi connectivity index (χ3n) is 3.75. The highest BCUT2D eigenvalue weighted by Crippen LogP contribution is 2.39. The topological polar surface area (TPSA) is 81.6 Å². The van der Waals surface area contributed by atoms with Gasteiger partial charge in [-0.15, -0.1) is 0 Å². The molecule has 17 heavy (non-hydrogen) atoms. The van der Waals surface area contributed by atoms with Crippen molar-refractivity contribution < 1.29 is 9.53 Å². The van der Waals surface area contributed by atoms with Crippen molar-refractivity contribution >= 4 is 5.91 Å². The maximum Gasteiger partial charge on any atom is 0.239 e. The normalized spacial score (nSPS) is 28.6. The summed E-state index contributed by atoms with van der Waals surface area (Å²) in [6.45, 7) is 6.97. The van der Waals surface area contributed by atoms with Gasteiger partial charge in [0.25, 0.3) is 0 Å². The average molecular weight is 241 g/mol. The van der Waals surface area contributed by atoms with E-state index in [1.165, 1.54) is 0 Å². The van der Waals surface area contributed by atoms with Crippen molar-refractivity contribution in [3.63, 3.8) is 0 Å². The van der Waals surface area contributed by atoms with Crippen LogP contribution in [0.25, 0.3) is 0 Å². The van der Waals surface area contributed by atoms with E-state index < -0.39 is 5.54 Å². The maximum absolute atomic E-state index is 11.6. The zero-order chi connectivity index (χ0) is 12.7. The molecule has 1 unspecified atom stereocenters. The molecule has 2 rings (SSSR count). The number of rotatable bonds is 4. The second kappa shape index (κ2) is 4.23. The van der Waals surface area contributed by atoms with Crippen LogP contribution >= 0.6 is 0 Å². The molecule has 1 aliphatic carbocycles. The number of carbonyl (C=O) groups is 1. The molecule has 1 amide bonds. The van der Waals surface area contributed by atoms with Crippen molar-refractivity contribution in [1.82, 2.24) is 4.90 Å². The largest absolute Gasteiger partial charge is 0.373 e. The van der Waals surface area contributed by atoms with Crippen LogP contribution in [-0.4, -0.2) is 48.2 Å². The molecule has 98 valence electrons. The van der Waals surface area contributed by atoms with E-state index in [0.717, 1.165) is 25.9 Å². The Kier molecular flexibility index (Phi) is 3.18. The fraction of sp³-hybridized carbons (Fsp3) is 0.917. The fourth-order valence-electron chi connectivity index (χ4n) is 2.63. The molecule has 1 atom stereocenters. The Hall–Kier alpha value is -0.650. The van der Waals surface area contributed by atoms with Gasteiger partial charge in [-0.1, -0.05) is 0 Å². The predicted molar refractivity (Wildman–Crippen MR) is 65.3 cm³/mol. The number of ether oxygens (including phenoxy) is 1. The lowest BCUT2D eigenvalue weighted by atomic mass is 9.92. The minimum atomic E-state index is -0.854. The molecule has 1 aliphatic heterocycles. The van der Waals surface area contributed by atoms with Crippen molar-refractivity contribution in [2.75, 3.05) is 26.2 Å². The van der Waals surface area contributed by atoms with Crippen molar-refractivity contribution in [2.45, 2.75) is 37.8 Å². The van der Waals surface area contributed by atoms with E-state index in [-0.39, 0.29) is 17.4 Å². The molecule has 0 aromatic carbocycles. The van der Waals surface area contributed by atoms with Crippen molar-refractivity contribution in [1.29, 1.82) is 0 Å². The summed E-state index contributed by atoms with van der Waals surface area (Å²) in [7, 11) is 0. The van der Waals surface area contributed by atoms with Crippen LogP contribution in [0.1, 0.15) is 26.7 Å². The van der Waals surface area contributed by atoms with Crippen LogP contribution in [-0.2, 0) is 9.53 Å². The standard InChI is InChI=1S/C12H23N3O2/c1-11(2)7-15(5-6-17-11)8-12(14,10(13)16)9-3-4-9/h9H,3-8,14H2,1-2H3,(H2,13,16). The molecule has 4 N–H and O–H groups in total. The first-order valence-corrected chi connectivity index (χ1v) is 6.29. The number of nitrogens with two attached hydrogens (primary N) is 2. The van der Waals surface area contributed by atoms with Gasteiger partial charge in [-0.2, -0.15) is 0 Å². The van der Waals surface area contributed by atoms with Crippen LogP contribution in [0.15, 0.2) is 0 Å². The Morgan fingerprint density at radius 3 is 2.65 bits per heavy atom. The molecule has 5 nitrogen and oxygen atoms in total. The first-order chi connectivity index (χ1) is 7.83. The summed E-state index contributed by atoms with van der Waals surface area (Å²) < 4.78 is 5.65. The summed E-state index contributed by atoms with van der Waals surface area (Å²) in [4.78, 5) is 13.8. The van der Waals surface area contributed by atoms with E-state index >= 15 is 0 Å². The number of primary amides is 1. The van der Waals surface area contributed by atoms with Gasteiger partial charge >= 0.3 is 0 Å². The summed E-state index contributed by atoms with van der Waals surface area (Å²) >= 11 is 0. The van der Waals surface area contributed by atoms with Crippen LogP contribution in [0.2, 0.25) is 0 Å². The quantitative estimate of drug-likeness (QED) is 0.707. The van der Waals surface area contributed by atoms with E-state index in [4.69, 9.17) is 16.2 Å². The molecule has 0 spiro atoms. The molecule has 0 aromatic heterocycles. The maximum atomic E-state index is 11.6. The lowest BCUT2D eigenvalue weighted by Crippen LogP contribution is -2.63. The summed E-state index contributed by atoms with van der Waals surface area (Å²) in [5.74, 6) is -0.102. The second-order valence-corrected chi connectivity index (χ2v) is 6.00. The van der Waals surface area contributed by atoms with Gasteiger partial charge in [0.2, 0.25) is 5.91 Å². The number of nitrogens with zero attached hydrogens (tertiary/aromatic N) is 1. The summed E-state index contributed by atoms with van der Waals surface area (Å²) in [6, 6.07) is 0. The highest BCUT2D eigenvalue weighted by atomic mass is 16.5. The van der Waals surface area contributed by atoms with E-state index in [0.29, 0.717) is 13.2 Å². The Morgan fingerprint density at radius 2 is 2.18 bits per heavy atom. The molecular formula is C12H23N3O2. The Bertz CT molecular complexity index is 315. The zero-order valence-electron chi connectivity index (χ0n) is 10.7. The van der Waals surface area contributed by atoms with E-state index in [2.05, 4.69) is 18.7 Å². The highest BCUT2D eigenvalue weighted by Gasteiger charge is 2.48. The number of carbonyl (C=O) groups excluding carboxylic acids is 1. The third kappa shape index (κ3) is 2.78. The summed E-state index contributed by atoms with van der Waals surface area (Å²) in [6.07, 6.45) is 2.04. The van der Waals surface area contributed by atoms with Crippen LogP contribution < -0.4 is 11.5 Å². The molecule has 1 saturated heterocycles. The summed E-state index contributed by atoms with van der Waals surface area (Å²) in [5.41, 5.74) is 10.7. The van der Waals surface area contributed by atoms with E-state index in [1.54, 1.807) is 0 Å². The van der Waals surface area contributed by atoms with Gasteiger partial charge < -0.3 is 16.2 Å². The van der Waals surface area contributed by atoms with Gasteiger partial charge in [0, 0.05) is 19.6 Å². The zero-order valence-corrected chi connectivity index (χ0v) is 10.7. The fourth-order valence-corrected chi connectivity index (χ4v) is 2.63. The minimum Gasteiger partial charge on any atom is -0.373 e. The first kappa shape index (κ1) is 12.8. The minimum absolute atomic E-state index is 0.166. The molecule has 0 aromatic rings. The van der Waals surface area contributed by atoms with Gasteiger partial charge in [-0.3, -0.25) is 9.69 Å². The van der Waals surface area contributed by atoms with Crippen LogP contribution in [0, 0.1) is 5.92 Å². The molecule has 1 heterocycles. The molecular weight excluding hydrogens is 218 g/mol. The predicted octanol–water partition coefficient (Wildman–Crippen LogP) is -0.310. The SMILES string of the molecule is CC1(C)CN(CC(N)(C(N)=O)C2CC2)CCO1. The van der Waals surface area contributed by atoms with Crippen molar-refractivity contribution in [3.8, 4) is 0 Å². The van der Waals surface area contributed by atoms with Crippen LogP contribution in [0.5, 0.6) is 0 Å². The summed E-state index contributed by atoms with van der Waals surface area (Å²) in [5, 5.41) is 0. The number of morpholine rings is 1. The number of hydrogen-bond donors (Lipinski definition) is 2. The molecule has 0 bridgehead atoms. The van der Waals surface area contributed by atoms with Crippen molar-refractivity contribution in [2.24, 2.45) is 17.4 Å². The second-order valence-electron chi connectivity index (χ2n) is 6.00. The van der Waals surface area contributed by atoms with Gasteiger partial charge in [0.1, 0.15) is 5.54 Å². The van der Waals surface area contributed by atoms with Crippen molar-refractivity contribution in [3.05, 3.63) is 0 Å². The Morgan fingerprint density at radius 1 is 1.53 bits per heavy atom. The van der Waals surface area contributed by atoms with Crippen LogP contribution in [0.4, 0.5) is 0 Å². The smallest absolute Gasteiger partial charge is 0.239 e. The highest BCUT2D eigenvalue weighted by molar-refractivity contribution is 5.85. The number of hydrogen-bond acceptors (Lipinski definition) is 4. The Balaban J connectivity index is 2.01. The molecule has 1 saturated carbocycles. The van der Waals surface area contributed by atoms with Gasteiger partial charge in [0.05, 0.1) is 12.2 Å². The lowest BCUT2D eigenvalue weighted by molar-refractivity contribution is -0.127. The monoisotopic (exact) mass is 241 g/mol.